The quantitative estimate of drug-likeness (QED) is 0.0315. The number of aromatic amines is 1. The molecule has 25 nitrogen and oxygen atoms in total. The van der Waals surface area contributed by atoms with Gasteiger partial charge in [0.25, 0.3) is 0 Å². The number of nitrogens with two attached hydrogens (primary N) is 3. The number of guanidine groups is 1. The van der Waals surface area contributed by atoms with Crippen LogP contribution < -0.4 is 70.4 Å². The van der Waals surface area contributed by atoms with Gasteiger partial charge in [0.15, 0.2) is 5.96 Å². The smallest absolute Gasteiger partial charge is 0.312 e. The maximum absolute atomic E-state index is 14.5. The molecule has 2 unspecified atom stereocenters. The van der Waals surface area contributed by atoms with Crippen molar-refractivity contribution in [3.63, 3.8) is 0 Å². The first-order valence-corrected chi connectivity index (χ1v) is 24.7. The SMILES string of the molecule is CCCC[C@H](NC(C)=O)C(=O)N[C@H]1CCC(=O)NCCC(C(=O)NC(Cc2c[nH]c3ccccc23)C(N)=O)NC(=O)[C@H](CCCNC(=N)N)NC(=O)[C@@H](Cc2ccccc2)NC(=O)[C@H](CCCNC(N)=O)NC1=O. The normalized spacial score (nSPS) is 20.0. The summed E-state index contributed by atoms with van der Waals surface area (Å²) in [5.74, 6) is -7.41. The number of unbranched alkanes of at least 4 members (excludes halogenated alkanes) is 1. The Hall–Kier alpha value is -8.25. The van der Waals surface area contributed by atoms with Crippen molar-refractivity contribution in [2.75, 3.05) is 19.6 Å². The number of fused-ring (bicyclic) bond motifs is 1. The van der Waals surface area contributed by atoms with E-state index < -0.39 is 101 Å². The minimum absolute atomic E-state index is 0.0132. The monoisotopic (exact) mass is 1030 g/mol. The van der Waals surface area contributed by atoms with E-state index in [0.717, 1.165) is 10.9 Å². The van der Waals surface area contributed by atoms with Gasteiger partial charge in [-0.15, -0.1) is 0 Å². The van der Waals surface area contributed by atoms with Crippen LogP contribution in [0.2, 0.25) is 0 Å². The maximum atomic E-state index is 14.5. The molecule has 1 saturated heterocycles. The fourth-order valence-corrected chi connectivity index (χ4v) is 8.20. The predicted molar refractivity (Wildman–Crippen MR) is 273 cm³/mol. The number of aromatic nitrogens is 1. The van der Waals surface area contributed by atoms with Gasteiger partial charge in [-0.2, -0.15) is 0 Å². The van der Waals surface area contributed by atoms with Crippen molar-refractivity contribution in [2.24, 2.45) is 17.2 Å². The third kappa shape index (κ3) is 19.7. The summed E-state index contributed by atoms with van der Waals surface area (Å²) in [5, 5.41) is 34.7. The summed E-state index contributed by atoms with van der Waals surface area (Å²) < 4.78 is 0. The van der Waals surface area contributed by atoms with Gasteiger partial charge in [-0.1, -0.05) is 68.3 Å². The number of nitrogens with one attached hydrogen (secondary N) is 12. The summed E-state index contributed by atoms with van der Waals surface area (Å²) in [4.78, 5) is 139. The standard InChI is InChI=1S/C49H71N15O10/c1-3-4-15-33(58-28(2)65)42(68)61-36-19-20-40(66)54-24-21-37(46(72)63-38(41(50)67)26-30-27-57-32-16-9-8-14-31(30)32)62-43(69)34(17-10-22-55-48(51)52)60-47(73)39(25-29-12-6-5-7-13-29)64-44(70)35(59-45(36)71)18-11-23-56-49(53)74/h5-9,12-14,16,27,33-39,57H,3-4,10-11,15,17-26H2,1-2H3,(H2,50,67)(H,54,66)(H,58,65)(H,59,71)(H,60,73)(H,61,68)(H,62,69)(H,63,72)(H,64,70)(H4,51,52,55)(H3,53,56,74)/t33-,34-,35-,36-,37?,38?,39+/m0/s1. The number of carbonyl (C=O) groups is 10. The van der Waals surface area contributed by atoms with Gasteiger partial charge < -0.3 is 75.4 Å². The van der Waals surface area contributed by atoms with Crippen LogP contribution in [-0.4, -0.2) is 132 Å². The summed E-state index contributed by atoms with van der Waals surface area (Å²) >= 11 is 0. The maximum Gasteiger partial charge on any atom is 0.312 e. The van der Waals surface area contributed by atoms with Gasteiger partial charge in [0, 0.05) is 62.9 Å². The molecule has 25 heteroatoms. The lowest BCUT2D eigenvalue weighted by atomic mass is 10.0. The number of urea groups is 1. The fourth-order valence-electron chi connectivity index (χ4n) is 8.20. The molecule has 1 aromatic heterocycles. The van der Waals surface area contributed by atoms with Crippen LogP contribution in [0.25, 0.3) is 10.9 Å². The number of amides is 11. The van der Waals surface area contributed by atoms with Gasteiger partial charge in [-0.05, 0) is 62.1 Å². The Morgan fingerprint density at radius 3 is 2.00 bits per heavy atom. The molecule has 3 aromatic rings. The molecule has 0 aliphatic carbocycles. The molecule has 11 amide bonds. The van der Waals surface area contributed by atoms with Crippen LogP contribution in [-0.2, 0) is 56.0 Å². The molecule has 1 fully saturated rings. The molecule has 74 heavy (non-hydrogen) atoms. The van der Waals surface area contributed by atoms with E-state index in [1.165, 1.54) is 6.92 Å². The molecule has 402 valence electrons. The van der Waals surface area contributed by atoms with Crippen LogP contribution in [0.3, 0.4) is 0 Å². The predicted octanol–water partition coefficient (Wildman–Crippen LogP) is -1.95. The average molecular weight is 1030 g/mol. The molecule has 0 radical (unpaired) electrons. The van der Waals surface area contributed by atoms with Crippen LogP contribution in [0.4, 0.5) is 4.79 Å². The Bertz CT molecular complexity index is 2450. The zero-order chi connectivity index (χ0) is 54.2. The van der Waals surface area contributed by atoms with Crippen molar-refractivity contribution >= 4 is 76.1 Å². The zero-order valence-electron chi connectivity index (χ0n) is 41.7. The number of carbonyl (C=O) groups excluding carboxylic acids is 10. The van der Waals surface area contributed by atoms with Crippen molar-refractivity contribution in [1.82, 2.24) is 58.2 Å². The summed E-state index contributed by atoms with van der Waals surface area (Å²) in [6, 6.07) is 5.60. The summed E-state index contributed by atoms with van der Waals surface area (Å²) in [7, 11) is 0. The lowest BCUT2D eigenvalue weighted by Crippen LogP contribution is -2.60. The third-order valence-electron chi connectivity index (χ3n) is 12.1. The highest BCUT2D eigenvalue weighted by Gasteiger charge is 2.35. The first-order valence-electron chi connectivity index (χ1n) is 24.7. The Labute approximate surface area is 428 Å². The minimum atomic E-state index is -1.46. The van der Waals surface area contributed by atoms with E-state index in [1.54, 1.807) is 36.5 Å². The number of H-pyrrole nitrogens is 1. The number of para-hydroxylation sites is 1. The zero-order valence-corrected chi connectivity index (χ0v) is 41.7. The number of benzene rings is 2. The Balaban J connectivity index is 1.76. The molecule has 1 aliphatic heterocycles. The molecule has 4 rings (SSSR count). The molecule has 2 aromatic carbocycles. The Kier molecular flexibility index (Phi) is 23.6. The molecular weight excluding hydrogens is 959 g/mol. The Morgan fingerprint density at radius 2 is 1.35 bits per heavy atom. The van der Waals surface area contributed by atoms with Gasteiger partial charge in [0.2, 0.25) is 53.2 Å². The highest BCUT2D eigenvalue weighted by Crippen LogP contribution is 2.19. The van der Waals surface area contributed by atoms with E-state index in [-0.39, 0.29) is 89.8 Å². The van der Waals surface area contributed by atoms with Crippen LogP contribution in [0, 0.1) is 5.41 Å². The largest absolute Gasteiger partial charge is 0.370 e. The van der Waals surface area contributed by atoms with Crippen molar-refractivity contribution < 1.29 is 47.9 Å². The fraction of sp³-hybridized carbons (Fsp3) is 0.490. The van der Waals surface area contributed by atoms with Crippen molar-refractivity contribution in [3.05, 3.63) is 71.9 Å². The highest BCUT2D eigenvalue weighted by atomic mass is 16.2. The van der Waals surface area contributed by atoms with Gasteiger partial charge in [0.05, 0.1) is 0 Å². The van der Waals surface area contributed by atoms with E-state index in [9.17, 15) is 47.9 Å². The summed E-state index contributed by atoms with van der Waals surface area (Å²) in [6.45, 7) is 2.97. The molecule has 7 atom stereocenters. The summed E-state index contributed by atoms with van der Waals surface area (Å²) in [5.41, 5.74) is 18.6. The van der Waals surface area contributed by atoms with Crippen molar-refractivity contribution in [2.45, 2.75) is 133 Å². The van der Waals surface area contributed by atoms with E-state index >= 15 is 0 Å². The van der Waals surface area contributed by atoms with Gasteiger partial charge in [-0.3, -0.25) is 48.6 Å². The third-order valence-corrected chi connectivity index (χ3v) is 12.1. The molecule has 18 N–H and O–H groups in total. The molecular formula is C49H71N15O10. The van der Waals surface area contributed by atoms with Crippen LogP contribution in [0.5, 0.6) is 0 Å². The van der Waals surface area contributed by atoms with Crippen LogP contribution in [0.15, 0.2) is 60.8 Å². The average Bonchev–Trinajstić information content (AvgIpc) is 3.76. The topological polar surface area (TPSA) is 409 Å². The van der Waals surface area contributed by atoms with Gasteiger partial charge in [0.1, 0.15) is 42.3 Å². The number of primary amides is 2. The number of hydrogen-bond donors (Lipinski definition) is 15. The second-order valence-electron chi connectivity index (χ2n) is 18.0. The van der Waals surface area contributed by atoms with Crippen molar-refractivity contribution in [3.8, 4) is 0 Å². The van der Waals surface area contributed by atoms with E-state index in [1.807, 2.05) is 31.2 Å². The lowest BCUT2D eigenvalue weighted by Gasteiger charge is -2.28. The molecule has 0 saturated carbocycles. The van der Waals surface area contributed by atoms with E-state index in [0.29, 0.717) is 24.0 Å². The first-order chi connectivity index (χ1) is 35.3. The minimum Gasteiger partial charge on any atom is -0.370 e. The van der Waals surface area contributed by atoms with E-state index in [2.05, 4.69) is 58.2 Å². The highest BCUT2D eigenvalue weighted by molar-refractivity contribution is 5.98. The number of rotatable bonds is 21. The Morgan fingerprint density at radius 1 is 0.730 bits per heavy atom. The second kappa shape index (κ2) is 29.9. The van der Waals surface area contributed by atoms with E-state index in [4.69, 9.17) is 22.6 Å². The second-order valence-corrected chi connectivity index (χ2v) is 18.0. The molecule has 1 aliphatic rings. The first kappa shape index (κ1) is 58.3. The molecule has 0 spiro atoms. The van der Waals surface area contributed by atoms with Crippen molar-refractivity contribution in [1.29, 1.82) is 5.41 Å². The number of hydrogen-bond acceptors (Lipinski definition) is 11. The molecule has 0 bridgehead atoms. The summed E-state index contributed by atoms with van der Waals surface area (Å²) in [6.07, 6.45) is 2.05. The van der Waals surface area contributed by atoms with Crippen LogP contribution >= 0.6 is 0 Å². The lowest BCUT2D eigenvalue weighted by molar-refractivity contribution is -0.136. The van der Waals surface area contributed by atoms with Crippen LogP contribution in [0.1, 0.15) is 89.2 Å². The van der Waals surface area contributed by atoms with Gasteiger partial charge in [-0.25, -0.2) is 4.79 Å². The van der Waals surface area contributed by atoms with Gasteiger partial charge >= 0.3 is 6.03 Å². The molecule has 2 heterocycles.